The summed E-state index contributed by atoms with van der Waals surface area (Å²) in [5.41, 5.74) is -1.10. The summed E-state index contributed by atoms with van der Waals surface area (Å²) in [6.07, 6.45) is 30.7. The Morgan fingerprint density at radius 1 is 0.571 bits per heavy atom. The van der Waals surface area contributed by atoms with Crippen LogP contribution in [-0.2, 0) is 66.1 Å². The fourth-order valence-electron chi connectivity index (χ4n) is 9.80. The second kappa shape index (κ2) is 47.3. The summed E-state index contributed by atoms with van der Waals surface area (Å²) in [4.78, 5) is 100.0. The number of ether oxygens (including phenoxy) is 4. The SMILES string of the molecule is CCCCCCCCCCCCCCCC(=O)OCC(COP(=O)(O)OCCCC(=O)CCCCC1(N(COC=O)CC(=O)O)CN(COC=O)CCN(CC(=O)O)C1)OC(=O)CCCCCCCCCCCCCCC. The van der Waals surface area contributed by atoms with E-state index in [1.807, 2.05) is 0 Å². The molecule has 1 rings (SSSR count). The Bertz CT molecular complexity index is 1630. The molecule has 3 unspecified atom stereocenters. The van der Waals surface area contributed by atoms with Crippen LogP contribution in [0.1, 0.15) is 232 Å². The van der Waals surface area contributed by atoms with Gasteiger partial charge in [-0.25, -0.2) is 4.57 Å². The molecule has 20 nitrogen and oxygen atoms in total. The average Bonchev–Trinajstić information content (AvgIpc) is 3.57. The molecule has 1 fully saturated rings. The predicted octanol–water partition coefficient (Wildman–Crippen LogP) is 10.5. The summed E-state index contributed by atoms with van der Waals surface area (Å²) in [6, 6.07) is 0. The van der Waals surface area contributed by atoms with Gasteiger partial charge in [-0.15, -0.1) is 0 Å². The quantitative estimate of drug-likeness (QED) is 0.0128. The molecule has 1 aliphatic rings. The van der Waals surface area contributed by atoms with Crippen LogP contribution in [0.15, 0.2) is 0 Å². The Labute approximate surface area is 461 Å². The van der Waals surface area contributed by atoms with Crippen molar-refractivity contribution in [3.63, 3.8) is 0 Å². The van der Waals surface area contributed by atoms with E-state index in [2.05, 4.69) is 13.8 Å². The number of carbonyl (C=O) groups is 7. The van der Waals surface area contributed by atoms with E-state index in [-0.39, 0.29) is 103 Å². The molecule has 21 heteroatoms. The van der Waals surface area contributed by atoms with Crippen molar-refractivity contribution in [3.05, 3.63) is 0 Å². The van der Waals surface area contributed by atoms with Crippen molar-refractivity contribution in [2.45, 2.75) is 244 Å². The van der Waals surface area contributed by atoms with Crippen molar-refractivity contribution < 1.29 is 81.2 Å². The number of esters is 2. The molecule has 1 saturated heterocycles. The van der Waals surface area contributed by atoms with Crippen molar-refractivity contribution in [2.24, 2.45) is 0 Å². The van der Waals surface area contributed by atoms with Gasteiger partial charge in [0.25, 0.3) is 12.9 Å². The molecular formula is C56H102N3O17P. The van der Waals surface area contributed by atoms with Gasteiger partial charge in [-0.1, -0.05) is 174 Å². The Kier molecular flexibility index (Phi) is 43.9. The molecule has 0 aromatic carbocycles. The van der Waals surface area contributed by atoms with Gasteiger partial charge in [0.05, 0.1) is 31.8 Å². The van der Waals surface area contributed by atoms with Gasteiger partial charge in [0.2, 0.25) is 0 Å². The number of phosphoric ester groups is 1. The number of rotatable bonds is 55. The zero-order chi connectivity index (χ0) is 56.7. The Balaban J connectivity index is 2.71. The fourth-order valence-corrected chi connectivity index (χ4v) is 10.6. The standard InChI is InChI=1S/C56H102N3O17P/c1-3-5-7-9-11-13-15-17-19-21-23-25-27-34-54(67)73-42-51(76-55(68)35-28-26-24-22-20-18-16-14-12-10-8-6-4-2)43-75-77(69,70)74-39-31-33-50(62)32-29-30-36-56(59(41-53(65)66)47-72-49-61)44-57(40-52(63)64)37-38-58(45-56)46-71-48-60/h48-49,51H,3-47H2,1-2H3,(H,63,64)(H,65,66)(H,69,70). The minimum atomic E-state index is -4.69. The summed E-state index contributed by atoms with van der Waals surface area (Å²) in [5.74, 6) is -3.47. The Hall–Kier alpha value is -3.52. The maximum atomic E-state index is 13.0. The molecule has 0 bridgehead atoms. The van der Waals surface area contributed by atoms with Gasteiger partial charge in [-0.2, -0.15) is 0 Å². The Morgan fingerprint density at radius 3 is 1.55 bits per heavy atom. The lowest BCUT2D eigenvalue weighted by Crippen LogP contribution is -2.61. The monoisotopic (exact) mass is 1120 g/mol. The van der Waals surface area contributed by atoms with Crippen molar-refractivity contribution >= 4 is 50.4 Å². The Morgan fingerprint density at radius 2 is 1.04 bits per heavy atom. The number of carboxylic acid groups (broad SMARTS) is 2. The summed E-state index contributed by atoms with van der Waals surface area (Å²) in [5, 5.41) is 19.4. The van der Waals surface area contributed by atoms with Crippen molar-refractivity contribution in [2.75, 3.05) is 72.6 Å². The molecule has 0 aliphatic carbocycles. The van der Waals surface area contributed by atoms with E-state index < -0.39 is 63.2 Å². The molecule has 448 valence electrons. The zero-order valence-electron chi connectivity index (χ0n) is 47.4. The average molecular weight is 1120 g/mol. The number of phosphoric acid groups is 1. The lowest BCUT2D eigenvalue weighted by Gasteiger charge is -2.45. The van der Waals surface area contributed by atoms with E-state index in [9.17, 15) is 53.2 Å². The lowest BCUT2D eigenvalue weighted by molar-refractivity contribution is -0.161. The van der Waals surface area contributed by atoms with Crippen LogP contribution in [0.4, 0.5) is 0 Å². The van der Waals surface area contributed by atoms with Gasteiger partial charge in [-0.3, -0.25) is 57.3 Å². The van der Waals surface area contributed by atoms with E-state index in [1.165, 1.54) is 120 Å². The van der Waals surface area contributed by atoms with Gasteiger partial charge in [0.1, 0.15) is 25.9 Å². The molecule has 1 heterocycles. The topological polar surface area (TPSA) is 262 Å². The maximum Gasteiger partial charge on any atom is 0.472 e. The predicted molar refractivity (Wildman–Crippen MR) is 293 cm³/mol. The van der Waals surface area contributed by atoms with Crippen molar-refractivity contribution in [1.82, 2.24) is 14.7 Å². The number of hydrogen-bond acceptors (Lipinski definition) is 17. The third kappa shape index (κ3) is 40.3. The van der Waals surface area contributed by atoms with Crippen LogP contribution >= 0.6 is 7.82 Å². The van der Waals surface area contributed by atoms with Crippen LogP contribution in [0, 0.1) is 0 Å². The molecule has 0 radical (unpaired) electrons. The minimum absolute atomic E-state index is 0.00129. The van der Waals surface area contributed by atoms with Crippen LogP contribution < -0.4 is 0 Å². The van der Waals surface area contributed by atoms with Gasteiger partial charge in [-0.05, 0) is 32.1 Å². The van der Waals surface area contributed by atoms with E-state index in [1.54, 1.807) is 9.80 Å². The number of unbranched alkanes of at least 4 members (excludes halogenated alkanes) is 25. The zero-order valence-corrected chi connectivity index (χ0v) is 48.3. The smallest absolute Gasteiger partial charge is 0.472 e. The highest BCUT2D eigenvalue weighted by Crippen LogP contribution is 2.43. The van der Waals surface area contributed by atoms with E-state index in [0.717, 1.165) is 38.5 Å². The molecule has 77 heavy (non-hydrogen) atoms. The second-order valence-electron chi connectivity index (χ2n) is 21.0. The largest absolute Gasteiger partial charge is 0.480 e. The molecular weight excluding hydrogens is 1020 g/mol. The lowest BCUT2D eigenvalue weighted by atomic mass is 9.88. The van der Waals surface area contributed by atoms with Gasteiger partial charge >= 0.3 is 31.7 Å². The van der Waals surface area contributed by atoms with Crippen LogP contribution in [-0.4, -0.2) is 157 Å². The summed E-state index contributed by atoms with van der Waals surface area (Å²) < 4.78 is 44.4. The maximum absolute atomic E-state index is 13.0. The molecule has 0 amide bonds. The third-order valence-electron chi connectivity index (χ3n) is 14.1. The number of carbonyl (C=O) groups excluding carboxylic acids is 5. The number of Topliss-reactive ketones (excluding diaryl/α,β-unsaturated/α-hetero) is 1. The van der Waals surface area contributed by atoms with Gasteiger partial charge in [0.15, 0.2) is 6.10 Å². The molecule has 0 aromatic rings. The summed E-state index contributed by atoms with van der Waals surface area (Å²) >= 11 is 0. The number of nitrogens with zero attached hydrogens (tertiary/aromatic N) is 3. The highest BCUT2D eigenvalue weighted by molar-refractivity contribution is 7.47. The molecule has 0 aromatic heterocycles. The summed E-state index contributed by atoms with van der Waals surface area (Å²) in [7, 11) is -4.69. The van der Waals surface area contributed by atoms with Crippen molar-refractivity contribution in [3.8, 4) is 0 Å². The number of aliphatic carboxylic acids is 2. The molecule has 0 spiro atoms. The normalized spacial score (nSPS) is 16.3. The van der Waals surface area contributed by atoms with Crippen LogP contribution in [0.25, 0.3) is 0 Å². The first-order valence-electron chi connectivity index (χ1n) is 29.4. The fraction of sp³-hybridized carbons (Fsp3) is 0.875. The molecule has 1 aliphatic heterocycles. The van der Waals surface area contributed by atoms with E-state index in [0.29, 0.717) is 32.2 Å². The minimum Gasteiger partial charge on any atom is -0.480 e. The number of ketones is 1. The van der Waals surface area contributed by atoms with Gasteiger partial charge < -0.3 is 34.1 Å². The third-order valence-corrected chi connectivity index (χ3v) is 15.1. The van der Waals surface area contributed by atoms with Crippen LogP contribution in [0.5, 0.6) is 0 Å². The van der Waals surface area contributed by atoms with Crippen molar-refractivity contribution in [1.29, 1.82) is 0 Å². The first-order chi connectivity index (χ1) is 37.2. The van der Waals surface area contributed by atoms with E-state index >= 15 is 0 Å². The van der Waals surface area contributed by atoms with E-state index in [4.69, 9.17) is 28.0 Å². The first-order valence-corrected chi connectivity index (χ1v) is 30.9. The first kappa shape index (κ1) is 71.5. The molecule has 3 atom stereocenters. The van der Waals surface area contributed by atoms with Crippen LogP contribution in [0.2, 0.25) is 0 Å². The molecule has 0 saturated carbocycles. The highest BCUT2D eigenvalue weighted by Gasteiger charge is 2.43. The number of carboxylic acids is 2. The van der Waals surface area contributed by atoms with Crippen LogP contribution in [0.3, 0.4) is 0 Å². The second-order valence-corrected chi connectivity index (χ2v) is 22.4. The molecule has 3 N–H and O–H groups in total. The highest BCUT2D eigenvalue weighted by atomic mass is 31.2. The summed E-state index contributed by atoms with van der Waals surface area (Å²) in [6.45, 7) is 3.01. The van der Waals surface area contributed by atoms with Gasteiger partial charge in [0, 0.05) is 51.9 Å². The number of hydrogen-bond donors (Lipinski definition) is 3.